The van der Waals surface area contributed by atoms with Crippen molar-refractivity contribution in [3.8, 4) is 0 Å². The molecule has 0 saturated heterocycles. The lowest BCUT2D eigenvalue weighted by Crippen LogP contribution is -2.30. The summed E-state index contributed by atoms with van der Waals surface area (Å²) in [4.78, 5) is 73.2. The number of carbonyl (C=O) groups excluding carboxylic acids is 4. The molecule has 0 rings (SSSR count). The summed E-state index contributed by atoms with van der Waals surface area (Å²) in [5.74, 6) is -2.40. The van der Waals surface area contributed by atoms with Crippen LogP contribution in [0.3, 0.4) is 0 Å². The number of esters is 4. The van der Waals surface area contributed by atoms with Crippen LogP contribution in [0, 0.1) is 0 Å². The molecule has 0 bridgehead atoms. The van der Waals surface area contributed by atoms with Gasteiger partial charge in [-0.25, -0.2) is 9.13 Å². The van der Waals surface area contributed by atoms with Crippen molar-refractivity contribution in [2.75, 3.05) is 39.6 Å². The summed E-state index contributed by atoms with van der Waals surface area (Å²) < 4.78 is 68.6. The van der Waals surface area contributed by atoms with Crippen molar-refractivity contribution in [1.29, 1.82) is 0 Å². The second-order valence-electron chi connectivity index (χ2n) is 26.5. The Bertz CT molecular complexity index is 3040. The molecule has 0 aromatic carbocycles. The summed E-state index contributed by atoms with van der Waals surface area (Å²) in [5.41, 5.74) is 0. The van der Waals surface area contributed by atoms with Gasteiger partial charge in [0, 0.05) is 25.7 Å². The first-order valence-electron chi connectivity index (χ1n) is 41.6. The zero-order chi connectivity index (χ0) is 81.7. The van der Waals surface area contributed by atoms with E-state index < -0.39 is 97.5 Å². The number of aliphatic hydroxyl groups excluding tert-OH is 1. The fourth-order valence-corrected chi connectivity index (χ4v) is 11.5. The Morgan fingerprint density at radius 3 is 0.750 bits per heavy atom. The molecule has 628 valence electrons. The average Bonchev–Trinajstić information content (AvgIpc) is 0.898. The molecule has 0 aliphatic heterocycles. The maximum atomic E-state index is 13.1. The van der Waals surface area contributed by atoms with Crippen molar-refractivity contribution in [3.05, 3.63) is 231 Å². The Morgan fingerprint density at radius 2 is 0.455 bits per heavy atom. The van der Waals surface area contributed by atoms with Gasteiger partial charge in [-0.05, 0) is 186 Å². The Kier molecular flexibility index (Phi) is 77.1. The predicted molar refractivity (Wildman–Crippen MR) is 463 cm³/mol. The van der Waals surface area contributed by atoms with Crippen LogP contribution in [0.1, 0.15) is 272 Å². The van der Waals surface area contributed by atoms with Crippen molar-refractivity contribution in [3.63, 3.8) is 0 Å². The zero-order valence-electron chi connectivity index (χ0n) is 68.7. The number of unbranched alkanes of at least 4 members (excludes halogenated alkanes) is 11. The smallest absolute Gasteiger partial charge is 0.462 e. The fourth-order valence-electron chi connectivity index (χ4n) is 9.96. The van der Waals surface area contributed by atoms with Gasteiger partial charge in [-0.15, -0.1) is 0 Å². The summed E-state index contributed by atoms with van der Waals surface area (Å²) in [6, 6.07) is 0. The highest BCUT2D eigenvalue weighted by Crippen LogP contribution is 2.45. The topological polar surface area (TPSA) is 237 Å². The van der Waals surface area contributed by atoms with E-state index in [9.17, 15) is 43.2 Å². The first-order chi connectivity index (χ1) is 54.7. The molecule has 0 radical (unpaired) electrons. The van der Waals surface area contributed by atoms with Crippen LogP contribution in [-0.4, -0.2) is 96.7 Å². The molecular formula is C93H144O17P2. The molecule has 0 aliphatic rings. The quantitative estimate of drug-likeness (QED) is 0.0169. The maximum absolute atomic E-state index is 13.1. The van der Waals surface area contributed by atoms with Gasteiger partial charge in [0.15, 0.2) is 12.2 Å². The van der Waals surface area contributed by atoms with Gasteiger partial charge in [0.05, 0.1) is 26.4 Å². The van der Waals surface area contributed by atoms with Crippen LogP contribution in [0.2, 0.25) is 0 Å². The molecule has 0 saturated carbocycles. The van der Waals surface area contributed by atoms with E-state index in [-0.39, 0.29) is 25.7 Å². The van der Waals surface area contributed by atoms with E-state index in [1.165, 1.54) is 0 Å². The van der Waals surface area contributed by atoms with Crippen LogP contribution < -0.4 is 0 Å². The van der Waals surface area contributed by atoms with Crippen LogP contribution >= 0.6 is 15.6 Å². The highest BCUT2D eigenvalue weighted by Gasteiger charge is 2.30. The van der Waals surface area contributed by atoms with Gasteiger partial charge in [0.2, 0.25) is 0 Å². The maximum Gasteiger partial charge on any atom is 0.472 e. The molecule has 0 aromatic rings. The zero-order valence-corrected chi connectivity index (χ0v) is 70.5. The third-order valence-electron chi connectivity index (χ3n) is 16.1. The van der Waals surface area contributed by atoms with Crippen molar-refractivity contribution in [1.82, 2.24) is 0 Å². The molecule has 5 atom stereocenters. The van der Waals surface area contributed by atoms with Gasteiger partial charge in [0.1, 0.15) is 19.3 Å². The molecule has 5 unspecified atom stereocenters. The van der Waals surface area contributed by atoms with Gasteiger partial charge in [-0.1, -0.05) is 291 Å². The minimum absolute atomic E-state index is 0.0211. The van der Waals surface area contributed by atoms with Crippen LogP contribution in [0.15, 0.2) is 231 Å². The number of allylic oxidation sites excluding steroid dienone is 38. The molecule has 0 amide bonds. The van der Waals surface area contributed by atoms with Gasteiger partial charge < -0.3 is 33.8 Å². The number of rotatable bonds is 75. The number of carbonyl (C=O) groups is 4. The van der Waals surface area contributed by atoms with E-state index >= 15 is 0 Å². The van der Waals surface area contributed by atoms with Crippen molar-refractivity contribution in [2.45, 2.75) is 290 Å². The number of phosphoric acid groups is 2. The Labute approximate surface area is 676 Å². The summed E-state index contributed by atoms with van der Waals surface area (Å²) in [6.07, 6.45) is 106. The van der Waals surface area contributed by atoms with E-state index in [1.807, 2.05) is 18.2 Å². The fraction of sp³-hybridized carbons (Fsp3) is 0.548. The minimum atomic E-state index is -5.02. The Balaban J connectivity index is 5.56. The number of phosphoric ester groups is 2. The van der Waals surface area contributed by atoms with E-state index in [0.29, 0.717) is 38.5 Å². The summed E-state index contributed by atoms with van der Waals surface area (Å²) in [7, 11) is -10.0. The van der Waals surface area contributed by atoms with E-state index in [2.05, 4.69) is 240 Å². The van der Waals surface area contributed by atoms with Gasteiger partial charge in [-0.2, -0.15) is 0 Å². The first kappa shape index (κ1) is 105. The molecule has 112 heavy (non-hydrogen) atoms. The lowest BCUT2D eigenvalue weighted by molar-refractivity contribution is -0.161. The number of ether oxygens (including phenoxy) is 4. The Hall–Kier alpha value is -6.88. The monoisotopic (exact) mass is 1590 g/mol. The van der Waals surface area contributed by atoms with Gasteiger partial charge in [0.25, 0.3) is 0 Å². The largest absolute Gasteiger partial charge is 0.472 e. The second kappa shape index (κ2) is 82.1. The molecular weight excluding hydrogens is 1450 g/mol. The average molecular weight is 1600 g/mol. The molecule has 19 heteroatoms. The van der Waals surface area contributed by atoms with E-state index in [0.717, 1.165) is 180 Å². The molecule has 3 N–H and O–H groups in total. The molecule has 17 nitrogen and oxygen atoms in total. The number of hydrogen-bond donors (Lipinski definition) is 3. The molecule has 0 aliphatic carbocycles. The van der Waals surface area contributed by atoms with Crippen molar-refractivity contribution in [2.24, 2.45) is 0 Å². The molecule has 0 heterocycles. The van der Waals surface area contributed by atoms with Crippen molar-refractivity contribution < 1.29 is 80.2 Å². The lowest BCUT2D eigenvalue weighted by atomic mass is 10.1. The normalized spacial score (nSPS) is 15.0. The molecule has 0 spiro atoms. The van der Waals surface area contributed by atoms with Crippen LogP contribution in [-0.2, 0) is 65.4 Å². The highest BCUT2D eigenvalue weighted by atomic mass is 31.2. The van der Waals surface area contributed by atoms with E-state index in [1.54, 1.807) is 0 Å². The highest BCUT2D eigenvalue weighted by molar-refractivity contribution is 7.47. The predicted octanol–water partition coefficient (Wildman–Crippen LogP) is 25.0. The standard InChI is InChI=1S/C93H144O17P2/c1-5-9-13-17-21-25-29-33-37-40-43-46-50-53-57-61-65-69-73-77-90(95)103-83-88(109-92(97)79-75-71-67-63-59-55-49-36-32-28-24-20-16-12-8-4)85-107-111(99,100)105-81-87(94)82-106-112(101,102)108-86-89(110-93(98)80-76-72-68-64-60-56-52-48-45-42-39-35-31-27-23-19-15-11-7-3)84-104-91(96)78-74-70-66-62-58-54-51-47-44-41-38-34-30-26-22-18-14-10-6-2/h9-16,21-28,33-39,43-49,53-54,57-59,63,66,70,87-89,94H,5-8,17-20,29-32,40-42,50-52,55-56,60-62,64-65,67-69,71-86H2,1-4H3,(H,99,100)(H,101,102)/b13-9-,14-10-,15-11-,16-12-,25-21-,26-22-,27-23-,28-24-,37-33-,38-34-,39-35-,46-43-,47-44-,48-45-,49-36-,57-53-,58-54-,63-59-,70-66-. The SMILES string of the molecule is CC/C=C\C/C=C\C/C=C\C/C=C\C/C=C\C/C=C\CCC(=O)OCC(COP(=O)(O)OCC(O)COP(=O)(O)OCC(COC(=O)CCCCC/C=C\C/C=C\C/C=C\C/C=C\C/C=C\CC)OC(=O)CCCC/C=C\C/C=C\C/C=C\C/C=C\CC)OC(=O)CCCCCCCC/C=C\C/C=C\C/C=C\C/C=C\CC. The minimum Gasteiger partial charge on any atom is -0.462 e. The molecule has 0 aromatic heterocycles. The summed E-state index contributed by atoms with van der Waals surface area (Å²) in [6.45, 7) is 4.20. The number of hydrogen-bond acceptors (Lipinski definition) is 15. The van der Waals surface area contributed by atoms with Crippen LogP contribution in [0.25, 0.3) is 0 Å². The van der Waals surface area contributed by atoms with E-state index in [4.69, 9.17) is 37.0 Å². The van der Waals surface area contributed by atoms with Gasteiger partial charge >= 0.3 is 39.5 Å². The van der Waals surface area contributed by atoms with Crippen LogP contribution in [0.5, 0.6) is 0 Å². The third kappa shape index (κ3) is 81.1. The third-order valence-corrected chi connectivity index (χ3v) is 18.0. The van der Waals surface area contributed by atoms with Crippen LogP contribution in [0.4, 0.5) is 0 Å². The Morgan fingerprint density at radius 1 is 0.250 bits per heavy atom. The lowest BCUT2D eigenvalue weighted by Gasteiger charge is -2.21. The summed E-state index contributed by atoms with van der Waals surface area (Å²) >= 11 is 0. The second-order valence-corrected chi connectivity index (χ2v) is 29.4. The van der Waals surface area contributed by atoms with Gasteiger partial charge in [-0.3, -0.25) is 37.3 Å². The van der Waals surface area contributed by atoms with Crippen molar-refractivity contribution >= 4 is 39.5 Å². The molecule has 0 fully saturated rings. The first-order valence-corrected chi connectivity index (χ1v) is 44.6. The number of aliphatic hydroxyl groups is 1. The summed E-state index contributed by atoms with van der Waals surface area (Å²) in [5, 5.41) is 10.7.